The normalized spacial score (nSPS) is 23.2. The summed E-state index contributed by atoms with van der Waals surface area (Å²) >= 11 is 0. The summed E-state index contributed by atoms with van der Waals surface area (Å²) in [7, 11) is 0. The van der Waals surface area contributed by atoms with Crippen LogP contribution in [0, 0.1) is 11.3 Å². The van der Waals surface area contributed by atoms with Gasteiger partial charge in [-0.15, -0.1) is 0 Å². The Morgan fingerprint density at radius 1 is 1.28 bits per heavy atom. The number of hydrogen-bond donors (Lipinski definition) is 0. The minimum absolute atomic E-state index is 0.207. The van der Waals surface area contributed by atoms with Crippen LogP contribution in [0.2, 0.25) is 0 Å². The van der Waals surface area contributed by atoms with Crippen LogP contribution in [0.15, 0.2) is 30.3 Å². The van der Waals surface area contributed by atoms with Gasteiger partial charge in [0.2, 0.25) is 5.91 Å². The van der Waals surface area contributed by atoms with Crippen LogP contribution in [-0.4, -0.2) is 17.4 Å². The fourth-order valence-electron chi connectivity index (χ4n) is 3.03. The molecule has 2 rings (SSSR count). The van der Waals surface area contributed by atoms with Crippen molar-refractivity contribution in [2.75, 3.05) is 6.54 Å². The Bertz CT molecular complexity index is 410. The molecule has 0 radical (unpaired) electrons. The number of amides is 1. The highest BCUT2D eigenvalue weighted by atomic mass is 16.2. The first kappa shape index (κ1) is 13.1. The van der Waals surface area contributed by atoms with Gasteiger partial charge in [0.15, 0.2) is 0 Å². The third-order valence-electron chi connectivity index (χ3n) is 4.32. The summed E-state index contributed by atoms with van der Waals surface area (Å²) in [4.78, 5) is 14.6. The Morgan fingerprint density at radius 2 is 1.94 bits per heavy atom. The molecule has 1 aromatic rings. The number of piperidine rings is 1. The van der Waals surface area contributed by atoms with Crippen molar-refractivity contribution < 1.29 is 4.79 Å². The van der Waals surface area contributed by atoms with Crippen molar-refractivity contribution in [1.82, 2.24) is 4.90 Å². The van der Waals surface area contributed by atoms with Crippen molar-refractivity contribution in [3.05, 3.63) is 35.9 Å². The summed E-state index contributed by atoms with van der Waals surface area (Å²) < 4.78 is 0. The van der Waals surface area contributed by atoms with E-state index in [0.717, 1.165) is 25.9 Å². The van der Waals surface area contributed by atoms with E-state index in [9.17, 15) is 4.79 Å². The topological polar surface area (TPSA) is 20.3 Å². The predicted octanol–water partition coefficient (Wildman–Crippen LogP) is 3.47. The van der Waals surface area contributed by atoms with Gasteiger partial charge in [-0.1, -0.05) is 57.5 Å². The zero-order chi connectivity index (χ0) is 13.2. The van der Waals surface area contributed by atoms with E-state index in [0.29, 0.717) is 11.8 Å². The molecule has 0 saturated carbocycles. The molecule has 98 valence electrons. The summed E-state index contributed by atoms with van der Waals surface area (Å²) in [6.45, 7) is 8.03. The third kappa shape index (κ3) is 2.43. The van der Waals surface area contributed by atoms with Gasteiger partial charge in [-0.05, 0) is 17.9 Å². The van der Waals surface area contributed by atoms with E-state index in [1.54, 1.807) is 0 Å². The van der Waals surface area contributed by atoms with Crippen LogP contribution in [0.5, 0.6) is 0 Å². The summed E-state index contributed by atoms with van der Waals surface area (Å²) in [5.74, 6) is 0.835. The van der Waals surface area contributed by atoms with Crippen LogP contribution in [0.25, 0.3) is 0 Å². The monoisotopic (exact) mass is 245 g/mol. The molecule has 2 heteroatoms. The number of carbonyl (C=O) groups excluding carboxylic acids is 1. The second-order valence-electron chi connectivity index (χ2n) is 5.83. The zero-order valence-corrected chi connectivity index (χ0v) is 11.6. The van der Waals surface area contributed by atoms with E-state index in [1.807, 2.05) is 23.1 Å². The molecule has 1 atom stereocenters. The second-order valence-corrected chi connectivity index (χ2v) is 5.83. The highest BCUT2D eigenvalue weighted by Gasteiger charge is 2.42. The molecule has 0 N–H and O–H groups in total. The van der Waals surface area contributed by atoms with Crippen LogP contribution >= 0.6 is 0 Å². The van der Waals surface area contributed by atoms with Crippen molar-refractivity contribution in [2.45, 2.75) is 40.2 Å². The van der Waals surface area contributed by atoms with Crippen molar-refractivity contribution >= 4 is 5.91 Å². The molecule has 1 unspecified atom stereocenters. The molecule has 1 saturated heterocycles. The third-order valence-corrected chi connectivity index (χ3v) is 4.32. The quantitative estimate of drug-likeness (QED) is 0.798. The molecular weight excluding hydrogens is 222 g/mol. The van der Waals surface area contributed by atoms with Crippen LogP contribution in [0.1, 0.15) is 39.2 Å². The zero-order valence-electron chi connectivity index (χ0n) is 11.6. The van der Waals surface area contributed by atoms with Gasteiger partial charge in [0.05, 0.1) is 0 Å². The lowest BCUT2D eigenvalue weighted by atomic mass is 9.72. The lowest BCUT2D eigenvalue weighted by Gasteiger charge is -2.43. The standard InChI is InChI=1S/C16H23NO/c1-4-14-10-11-17(15(18)16(14,2)3)12-13-8-6-5-7-9-13/h5-9,14H,4,10-12H2,1-3H3. The first-order valence-corrected chi connectivity index (χ1v) is 6.89. The van der Waals surface area contributed by atoms with E-state index in [1.165, 1.54) is 5.56 Å². The molecule has 0 bridgehead atoms. The first-order valence-electron chi connectivity index (χ1n) is 6.89. The van der Waals surface area contributed by atoms with Crippen LogP contribution < -0.4 is 0 Å². The SMILES string of the molecule is CCC1CCN(Cc2ccccc2)C(=O)C1(C)C. The fourth-order valence-corrected chi connectivity index (χ4v) is 3.03. The van der Waals surface area contributed by atoms with Gasteiger partial charge < -0.3 is 4.90 Å². The fraction of sp³-hybridized carbons (Fsp3) is 0.562. The van der Waals surface area contributed by atoms with Crippen LogP contribution in [0.3, 0.4) is 0 Å². The second kappa shape index (κ2) is 5.13. The van der Waals surface area contributed by atoms with Crippen molar-refractivity contribution in [3.8, 4) is 0 Å². The summed E-state index contributed by atoms with van der Waals surface area (Å²) in [5, 5.41) is 0. The Kier molecular flexibility index (Phi) is 3.74. The summed E-state index contributed by atoms with van der Waals surface area (Å²) in [5.41, 5.74) is 1.01. The summed E-state index contributed by atoms with van der Waals surface area (Å²) in [6, 6.07) is 10.3. The lowest BCUT2D eigenvalue weighted by molar-refractivity contribution is -0.149. The van der Waals surface area contributed by atoms with Gasteiger partial charge in [-0.2, -0.15) is 0 Å². The average Bonchev–Trinajstić information content (AvgIpc) is 2.37. The van der Waals surface area contributed by atoms with Gasteiger partial charge in [-0.3, -0.25) is 4.79 Å². The summed E-state index contributed by atoms with van der Waals surface area (Å²) in [6.07, 6.45) is 2.22. The number of carbonyl (C=O) groups is 1. The van der Waals surface area contributed by atoms with Crippen molar-refractivity contribution in [3.63, 3.8) is 0 Å². The molecule has 2 nitrogen and oxygen atoms in total. The Balaban J connectivity index is 2.10. The van der Waals surface area contributed by atoms with Crippen LogP contribution in [0.4, 0.5) is 0 Å². The molecule has 1 aliphatic heterocycles. The maximum absolute atomic E-state index is 12.5. The molecular formula is C16H23NO. The highest BCUT2D eigenvalue weighted by Crippen LogP contribution is 2.38. The van der Waals surface area contributed by atoms with Crippen LogP contribution in [-0.2, 0) is 11.3 Å². The molecule has 18 heavy (non-hydrogen) atoms. The first-order chi connectivity index (χ1) is 8.55. The van der Waals surface area contributed by atoms with E-state index in [4.69, 9.17) is 0 Å². The number of nitrogens with zero attached hydrogens (tertiary/aromatic N) is 1. The molecule has 0 aliphatic carbocycles. The minimum atomic E-state index is -0.207. The maximum Gasteiger partial charge on any atom is 0.228 e. The molecule has 1 fully saturated rings. The molecule has 1 heterocycles. The van der Waals surface area contributed by atoms with E-state index < -0.39 is 0 Å². The number of rotatable bonds is 3. The van der Waals surface area contributed by atoms with Crippen molar-refractivity contribution in [1.29, 1.82) is 0 Å². The largest absolute Gasteiger partial charge is 0.338 e. The number of benzene rings is 1. The lowest BCUT2D eigenvalue weighted by Crippen LogP contribution is -2.50. The Labute approximate surface area is 110 Å². The van der Waals surface area contributed by atoms with Crippen molar-refractivity contribution in [2.24, 2.45) is 11.3 Å². The smallest absolute Gasteiger partial charge is 0.228 e. The van der Waals surface area contributed by atoms with Gasteiger partial charge in [0, 0.05) is 18.5 Å². The van der Waals surface area contributed by atoms with Gasteiger partial charge in [0.25, 0.3) is 0 Å². The Hall–Kier alpha value is -1.31. The Morgan fingerprint density at radius 3 is 2.56 bits per heavy atom. The molecule has 0 spiro atoms. The molecule has 1 aromatic carbocycles. The van der Waals surface area contributed by atoms with Gasteiger partial charge in [-0.25, -0.2) is 0 Å². The minimum Gasteiger partial charge on any atom is -0.338 e. The number of hydrogen-bond acceptors (Lipinski definition) is 1. The molecule has 0 aromatic heterocycles. The number of likely N-dealkylation sites (tertiary alicyclic amines) is 1. The van der Waals surface area contributed by atoms with E-state index >= 15 is 0 Å². The van der Waals surface area contributed by atoms with E-state index in [-0.39, 0.29) is 5.41 Å². The van der Waals surface area contributed by atoms with E-state index in [2.05, 4.69) is 32.9 Å². The average molecular weight is 245 g/mol. The maximum atomic E-state index is 12.5. The molecule has 1 aliphatic rings. The molecule has 1 amide bonds. The van der Waals surface area contributed by atoms with Gasteiger partial charge >= 0.3 is 0 Å². The van der Waals surface area contributed by atoms with Gasteiger partial charge in [0.1, 0.15) is 0 Å². The highest BCUT2D eigenvalue weighted by molar-refractivity contribution is 5.83. The predicted molar refractivity (Wildman–Crippen MR) is 74.0 cm³/mol.